The maximum Gasteiger partial charge on any atom is 0.271 e. The van der Waals surface area contributed by atoms with Crippen molar-refractivity contribution in [2.75, 3.05) is 13.3 Å². The summed E-state index contributed by atoms with van der Waals surface area (Å²) in [4.78, 5) is 24.6. The molecule has 2 aromatic rings. The summed E-state index contributed by atoms with van der Waals surface area (Å²) in [5, 5.41) is 11.1. The third-order valence-electron chi connectivity index (χ3n) is 4.67. The van der Waals surface area contributed by atoms with Crippen LogP contribution in [0.25, 0.3) is 0 Å². The Labute approximate surface area is 151 Å². The number of sulfone groups is 1. The van der Waals surface area contributed by atoms with Crippen LogP contribution in [0.5, 0.6) is 0 Å². The molecule has 2 aromatic carbocycles. The van der Waals surface area contributed by atoms with Gasteiger partial charge in [-0.15, -0.1) is 0 Å². The standard InChI is InChI=1S/C18H18N2O5S/c1-19(17-8-7-12-5-3-4-6-16(12)17)18(21)13-9-14(20(22)23)11-15(10-13)26(2,24)25/h3-6,9-11,17H,7-8H2,1-2H3. The summed E-state index contributed by atoms with van der Waals surface area (Å²) in [6.07, 6.45) is 2.56. The third kappa shape index (κ3) is 3.32. The molecule has 1 amide bonds. The quantitative estimate of drug-likeness (QED) is 0.605. The highest BCUT2D eigenvalue weighted by Gasteiger charge is 2.30. The molecule has 26 heavy (non-hydrogen) atoms. The minimum atomic E-state index is -3.68. The highest BCUT2D eigenvalue weighted by Crippen LogP contribution is 2.35. The van der Waals surface area contributed by atoms with Crippen LogP contribution in [0.15, 0.2) is 47.4 Å². The molecular weight excluding hydrogens is 356 g/mol. The predicted molar refractivity (Wildman–Crippen MR) is 95.8 cm³/mol. The Hall–Kier alpha value is -2.74. The van der Waals surface area contributed by atoms with E-state index in [9.17, 15) is 23.3 Å². The van der Waals surface area contributed by atoms with Gasteiger partial charge in [0.15, 0.2) is 9.84 Å². The first-order chi connectivity index (χ1) is 12.2. The second-order valence-electron chi connectivity index (χ2n) is 6.41. The Morgan fingerprint density at radius 2 is 1.92 bits per heavy atom. The lowest BCUT2D eigenvalue weighted by molar-refractivity contribution is -0.385. The number of carbonyl (C=O) groups excluding carboxylic acids is 1. The van der Waals surface area contributed by atoms with E-state index in [1.54, 1.807) is 7.05 Å². The Bertz CT molecular complexity index is 1000. The van der Waals surface area contributed by atoms with Crippen LogP contribution in [-0.2, 0) is 16.3 Å². The van der Waals surface area contributed by atoms with Gasteiger partial charge in [-0.2, -0.15) is 0 Å². The number of benzene rings is 2. The normalized spacial score (nSPS) is 16.2. The highest BCUT2D eigenvalue weighted by molar-refractivity contribution is 7.90. The molecule has 0 saturated carbocycles. The van der Waals surface area contributed by atoms with E-state index in [4.69, 9.17) is 0 Å². The lowest BCUT2D eigenvalue weighted by Crippen LogP contribution is -2.30. The first kappa shape index (κ1) is 18.1. The first-order valence-corrected chi connectivity index (χ1v) is 9.92. The van der Waals surface area contributed by atoms with Crippen LogP contribution in [0.4, 0.5) is 5.69 Å². The number of hydrogen-bond donors (Lipinski definition) is 0. The molecule has 0 heterocycles. The fourth-order valence-electron chi connectivity index (χ4n) is 3.31. The average Bonchev–Trinajstić information content (AvgIpc) is 3.03. The number of aryl methyl sites for hydroxylation is 1. The molecule has 0 bridgehead atoms. The van der Waals surface area contributed by atoms with Crippen LogP contribution in [0.2, 0.25) is 0 Å². The molecule has 1 atom stereocenters. The van der Waals surface area contributed by atoms with Gasteiger partial charge in [-0.05, 0) is 30.0 Å². The van der Waals surface area contributed by atoms with Gasteiger partial charge in [0, 0.05) is 31.0 Å². The minimum Gasteiger partial charge on any atom is -0.335 e. The Balaban J connectivity index is 2.00. The van der Waals surface area contributed by atoms with Crippen molar-refractivity contribution in [3.63, 3.8) is 0 Å². The molecule has 8 heteroatoms. The summed E-state index contributed by atoms with van der Waals surface area (Å²) in [5.41, 5.74) is 1.80. The van der Waals surface area contributed by atoms with Crippen molar-refractivity contribution < 1.29 is 18.1 Å². The molecule has 1 aliphatic rings. The van der Waals surface area contributed by atoms with Gasteiger partial charge in [0.2, 0.25) is 0 Å². The van der Waals surface area contributed by atoms with Gasteiger partial charge in [-0.1, -0.05) is 24.3 Å². The van der Waals surface area contributed by atoms with E-state index < -0.39 is 26.4 Å². The molecule has 1 aliphatic carbocycles. The molecule has 1 unspecified atom stereocenters. The summed E-state index contributed by atoms with van der Waals surface area (Å²) in [6, 6.07) is 11.0. The molecule has 0 saturated heterocycles. The lowest BCUT2D eigenvalue weighted by Gasteiger charge is -2.25. The number of fused-ring (bicyclic) bond motifs is 1. The van der Waals surface area contributed by atoms with E-state index in [0.29, 0.717) is 0 Å². The second-order valence-corrected chi connectivity index (χ2v) is 8.43. The van der Waals surface area contributed by atoms with E-state index in [-0.39, 0.29) is 16.5 Å². The zero-order valence-corrected chi connectivity index (χ0v) is 15.2. The SMILES string of the molecule is CN(C(=O)c1cc([N+](=O)[O-])cc(S(C)(=O)=O)c1)C1CCc2ccccc21. The summed E-state index contributed by atoms with van der Waals surface area (Å²) < 4.78 is 23.6. The van der Waals surface area contributed by atoms with Crippen molar-refractivity contribution in [2.24, 2.45) is 0 Å². The zero-order chi connectivity index (χ0) is 19.1. The number of non-ortho nitro benzene ring substituents is 1. The fraction of sp³-hybridized carbons (Fsp3) is 0.278. The molecule has 7 nitrogen and oxygen atoms in total. The Morgan fingerprint density at radius 1 is 1.23 bits per heavy atom. The van der Waals surface area contributed by atoms with Crippen molar-refractivity contribution in [2.45, 2.75) is 23.8 Å². The number of amides is 1. The molecule has 3 rings (SSSR count). The van der Waals surface area contributed by atoms with Crippen LogP contribution in [0.1, 0.15) is 33.9 Å². The number of nitro groups is 1. The van der Waals surface area contributed by atoms with Gasteiger partial charge in [0.25, 0.3) is 11.6 Å². The zero-order valence-electron chi connectivity index (χ0n) is 14.4. The largest absolute Gasteiger partial charge is 0.335 e. The molecule has 0 spiro atoms. The van der Waals surface area contributed by atoms with Crippen molar-refractivity contribution in [1.82, 2.24) is 4.90 Å². The summed E-state index contributed by atoms with van der Waals surface area (Å²) in [7, 11) is -2.05. The Morgan fingerprint density at radius 3 is 2.58 bits per heavy atom. The van der Waals surface area contributed by atoms with Crippen LogP contribution >= 0.6 is 0 Å². The van der Waals surface area contributed by atoms with E-state index in [2.05, 4.69) is 0 Å². The van der Waals surface area contributed by atoms with Gasteiger partial charge < -0.3 is 4.90 Å². The van der Waals surface area contributed by atoms with Crippen molar-refractivity contribution in [3.05, 3.63) is 69.3 Å². The van der Waals surface area contributed by atoms with Crippen molar-refractivity contribution >= 4 is 21.4 Å². The van der Waals surface area contributed by atoms with Gasteiger partial charge in [0.05, 0.1) is 15.9 Å². The smallest absolute Gasteiger partial charge is 0.271 e. The maximum absolute atomic E-state index is 12.9. The fourth-order valence-corrected chi connectivity index (χ4v) is 3.98. The number of nitrogens with zero attached hydrogens (tertiary/aromatic N) is 2. The summed E-state index contributed by atoms with van der Waals surface area (Å²) in [5.74, 6) is -0.444. The number of rotatable bonds is 4. The average molecular weight is 374 g/mol. The van der Waals surface area contributed by atoms with Gasteiger partial charge >= 0.3 is 0 Å². The van der Waals surface area contributed by atoms with Crippen molar-refractivity contribution in [1.29, 1.82) is 0 Å². The van der Waals surface area contributed by atoms with E-state index in [1.807, 2.05) is 24.3 Å². The molecule has 0 aromatic heterocycles. The maximum atomic E-state index is 12.9. The predicted octanol–water partition coefficient (Wildman–Crippen LogP) is 2.76. The molecule has 0 aliphatic heterocycles. The van der Waals surface area contributed by atoms with Crippen molar-refractivity contribution in [3.8, 4) is 0 Å². The molecule has 0 N–H and O–H groups in total. The van der Waals surface area contributed by atoms with Gasteiger partial charge in [-0.3, -0.25) is 14.9 Å². The van der Waals surface area contributed by atoms with E-state index >= 15 is 0 Å². The molecule has 0 radical (unpaired) electrons. The first-order valence-electron chi connectivity index (χ1n) is 8.03. The molecule has 136 valence electrons. The minimum absolute atomic E-state index is 0.00786. The second kappa shape index (κ2) is 6.53. The number of carbonyl (C=O) groups is 1. The van der Waals surface area contributed by atoms with Crippen LogP contribution < -0.4 is 0 Å². The summed E-state index contributed by atoms with van der Waals surface area (Å²) >= 11 is 0. The van der Waals surface area contributed by atoms with Gasteiger partial charge in [-0.25, -0.2) is 8.42 Å². The highest BCUT2D eigenvalue weighted by atomic mass is 32.2. The topological polar surface area (TPSA) is 97.6 Å². The van der Waals surface area contributed by atoms with Crippen LogP contribution in [0.3, 0.4) is 0 Å². The third-order valence-corrected chi connectivity index (χ3v) is 5.76. The molecular formula is C18H18N2O5S. The van der Waals surface area contributed by atoms with Gasteiger partial charge in [0.1, 0.15) is 0 Å². The number of nitro benzene ring substituents is 1. The molecule has 0 fully saturated rings. The lowest BCUT2D eigenvalue weighted by atomic mass is 10.1. The Kier molecular flexibility index (Phi) is 4.53. The summed E-state index contributed by atoms with van der Waals surface area (Å²) in [6.45, 7) is 0. The number of hydrogen-bond acceptors (Lipinski definition) is 5. The van der Waals surface area contributed by atoms with Crippen LogP contribution in [0, 0.1) is 10.1 Å². The monoisotopic (exact) mass is 374 g/mol. The van der Waals surface area contributed by atoms with Crippen LogP contribution in [-0.4, -0.2) is 37.5 Å². The van der Waals surface area contributed by atoms with E-state index in [1.165, 1.54) is 16.5 Å². The van der Waals surface area contributed by atoms with E-state index in [0.717, 1.165) is 36.8 Å².